The number of halogens is 1. The molecule has 1 atom stereocenters. The van der Waals surface area contributed by atoms with Gasteiger partial charge >= 0.3 is 5.97 Å². The van der Waals surface area contributed by atoms with Crippen molar-refractivity contribution in [1.82, 2.24) is 5.32 Å². The fourth-order valence-electron chi connectivity index (χ4n) is 1.79. The normalized spacial score (nSPS) is 11.7. The molecule has 0 heterocycles. The van der Waals surface area contributed by atoms with Crippen LogP contribution in [-0.4, -0.2) is 28.5 Å². The molecule has 2 N–H and O–H groups in total. The number of carbonyl (C=O) groups excluding carboxylic acids is 1. The van der Waals surface area contributed by atoms with Gasteiger partial charge in [0.1, 0.15) is 5.82 Å². The van der Waals surface area contributed by atoms with Crippen LogP contribution in [0.15, 0.2) is 18.2 Å². The zero-order valence-corrected chi connectivity index (χ0v) is 11.3. The van der Waals surface area contributed by atoms with Crippen molar-refractivity contribution in [2.75, 3.05) is 6.54 Å². The number of nitrogens with zero attached hydrogens (tertiary/aromatic N) is 1. The number of carbonyl (C=O) groups is 2. The lowest BCUT2D eigenvalue weighted by Crippen LogP contribution is -2.33. The third kappa shape index (κ3) is 4.83. The molecule has 1 aromatic carbocycles. The monoisotopic (exact) mass is 298 g/mol. The van der Waals surface area contributed by atoms with Gasteiger partial charge in [-0.25, -0.2) is 4.39 Å². The van der Waals surface area contributed by atoms with E-state index in [2.05, 4.69) is 5.32 Å². The van der Waals surface area contributed by atoms with Gasteiger partial charge in [0, 0.05) is 18.2 Å². The Hall–Kier alpha value is -2.51. The van der Waals surface area contributed by atoms with Gasteiger partial charge in [0.25, 0.3) is 11.6 Å². The quantitative estimate of drug-likeness (QED) is 0.590. The summed E-state index contributed by atoms with van der Waals surface area (Å²) in [5, 5.41) is 21.9. The smallest absolute Gasteiger partial charge is 0.308 e. The number of carboxylic acid groups (broad SMARTS) is 1. The van der Waals surface area contributed by atoms with Crippen molar-refractivity contribution in [3.63, 3.8) is 0 Å². The van der Waals surface area contributed by atoms with Gasteiger partial charge in [0.05, 0.1) is 16.9 Å². The SMILES string of the molecule is CCCC(CNC(=O)c1cc(F)cc([N+](=O)[O-])c1)C(=O)O. The second kappa shape index (κ2) is 7.32. The maximum Gasteiger partial charge on any atom is 0.308 e. The van der Waals surface area contributed by atoms with Gasteiger partial charge in [-0.15, -0.1) is 0 Å². The summed E-state index contributed by atoms with van der Waals surface area (Å²) < 4.78 is 13.2. The van der Waals surface area contributed by atoms with Crippen molar-refractivity contribution in [3.05, 3.63) is 39.7 Å². The number of hydrogen-bond acceptors (Lipinski definition) is 4. The molecule has 1 aromatic rings. The first kappa shape index (κ1) is 16.5. The van der Waals surface area contributed by atoms with Crippen molar-refractivity contribution >= 4 is 17.6 Å². The molecule has 8 heteroatoms. The number of hydrogen-bond donors (Lipinski definition) is 2. The summed E-state index contributed by atoms with van der Waals surface area (Å²) >= 11 is 0. The maximum absolute atomic E-state index is 13.2. The molecule has 0 aliphatic carbocycles. The van der Waals surface area contributed by atoms with Gasteiger partial charge in [-0.05, 0) is 12.5 Å². The molecular formula is C13H15FN2O5. The topological polar surface area (TPSA) is 110 Å². The Bertz CT molecular complexity index is 561. The summed E-state index contributed by atoms with van der Waals surface area (Å²) in [5.74, 6) is -3.44. The van der Waals surface area contributed by atoms with Crippen LogP contribution in [-0.2, 0) is 4.79 Å². The highest BCUT2D eigenvalue weighted by atomic mass is 19.1. The predicted molar refractivity (Wildman–Crippen MR) is 71.4 cm³/mol. The lowest BCUT2D eigenvalue weighted by molar-refractivity contribution is -0.385. The predicted octanol–water partition coefficient (Wildman–Crippen LogP) is 1.96. The molecule has 7 nitrogen and oxygen atoms in total. The van der Waals surface area contributed by atoms with Gasteiger partial charge in [0.15, 0.2) is 0 Å². The summed E-state index contributed by atoms with van der Waals surface area (Å²) in [6.07, 6.45) is 1.02. The van der Waals surface area contributed by atoms with E-state index in [-0.39, 0.29) is 12.1 Å². The van der Waals surface area contributed by atoms with Crippen LogP contribution in [0.25, 0.3) is 0 Å². The average Bonchev–Trinajstić information content (AvgIpc) is 2.41. The minimum Gasteiger partial charge on any atom is -0.481 e. The zero-order valence-electron chi connectivity index (χ0n) is 11.3. The molecule has 21 heavy (non-hydrogen) atoms. The van der Waals surface area contributed by atoms with Gasteiger partial charge < -0.3 is 10.4 Å². The second-order valence-electron chi connectivity index (χ2n) is 4.49. The highest BCUT2D eigenvalue weighted by molar-refractivity contribution is 5.95. The minimum absolute atomic E-state index is 0.119. The Balaban J connectivity index is 2.80. The van der Waals surface area contributed by atoms with Crippen LogP contribution in [0.1, 0.15) is 30.1 Å². The number of nitro benzene ring substituents is 1. The van der Waals surface area contributed by atoms with Crippen molar-refractivity contribution in [2.24, 2.45) is 5.92 Å². The van der Waals surface area contributed by atoms with Crippen molar-refractivity contribution in [3.8, 4) is 0 Å². The maximum atomic E-state index is 13.2. The molecule has 0 saturated heterocycles. The minimum atomic E-state index is -1.04. The summed E-state index contributed by atoms with van der Waals surface area (Å²) in [4.78, 5) is 32.5. The Labute approximate surface area is 119 Å². The molecule has 0 aromatic heterocycles. The number of carboxylic acids is 1. The molecule has 0 fully saturated rings. The number of amides is 1. The highest BCUT2D eigenvalue weighted by Crippen LogP contribution is 2.16. The van der Waals surface area contributed by atoms with Crippen molar-refractivity contribution in [1.29, 1.82) is 0 Å². The molecule has 1 unspecified atom stereocenters. The van der Waals surface area contributed by atoms with E-state index in [0.717, 1.165) is 12.1 Å². The third-order valence-corrected chi connectivity index (χ3v) is 2.85. The Morgan fingerprint density at radius 3 is 2.62 bits per heavy atom. The van der Waals surface area contributed by atoms with E-state index in [9.17, 15) is 24.1 Å². The lowest BCUT2D eigenvalue weighted by Gasteiger charge is -2.12. The van der Waals surface area contributed by atoms with Crippen LogP contribution < -0.4 is 5.32 Å². The number of aliphatic carboxylic acids is 1. The lowest BCUT2D eigenvalue weighted by atomic mass is 10.0. The average molecular weight is 298 g/mol. The van der Waals surface area contributed by atoms with Crippen LogP contribution in [0.4, 0.5) is 10.1 Å². The van der Waals surface area contributed by atoms with Gasteiger partial charge in [-0.3, -0.25) is 19.7 Å². The molecule has 0 saturated carbocycles. The van der Waals surface area contributed by atoms with E-state index in [4.69, 9.17) is 5.11 Å². The van der Waals surface area contributed by atoms with Crippen molar-refractivity contribution in [2.45, 2.75) is 19.8 Å². The van der Waals surface area contributed by atoms with Crippen molar-refractivity contribution < 1.29 is 24.0 Å². The van der Waals surface area contributed by atoms with Gasteiger partial charge in [-0.1, -0.05) is 13.3 Å². The molecule has 0 aliphatic rings. The van der Waals surface area contributed by atoms with Crippen LogP contribution >= 0.6 is 0 Å². The van der Waals surface area contributed by atoms with Crippen LogP contribution in [0.2, 0.25) is 0 Å². The first-order chi connectivity index (χ1) is 9.85. The number of rotatable bonds is 7. The molecular weight excluding hydrogens is 283 g/mol. The van der Waals surface area contributed by atoms with Gasteiger partial charge in [0.2, 0.25) is 0 Å². The molecule has 0 bridgehead atoms. The summed E-state index contributed by atoms with van der Waals surface area (Å²) in [6.45, 7) is 1.69. The standard InChI is InChI=1S/C13H15FN2O5/c1-2-3-8(13(18)19)7-15-12(17)9-4-10(14)6-11(5-9)16(20)21/h4-6,8H,2-3,7H2,1H3,(H,15,17)(H,18,19). The number of nitrogens with one attached hydrogen (secondary N) is 1. The van der Waals surface area contributed by atoms with Gasteiger partial charge in [-0.2, -0.15) is 0 Å². The highest BCUT2D eigenvalue weighted by Gasteiger charge is 2.19. The fraction of sp³-hybridized carbons (Fsp3) is 0.385. The van der Waals surface area contributed by atoms with Crippen LogP contribution in [0, 0.1) is 21.8 Å². The molecule has 1 rings (SSSR count). The molecule has 114 valence electrons. The summed E-state index contributed by atoms with van der Waals surface area (Å²) in [6, 6.07) is 2.50. The number of non-ortho nitro benzene ring substituents is 1. The Morgan fingerprint density at radius 2 is 2.10 bits per heavy atom. The summed E-state index contributed by atoms with van der Waals surface area (Å²) in [7, 11) is 0. The largest absolute Gasteiger partial charge is 0.481 e. The Kier molecular flexibility index (Phi) is 5.77. The van der Waals surface area contributed by atoms with E-state index in [1.165, 1.54) is 0 Å². The number of nitro groups is 1. The Morgan fingerprint density at radius 1 is 1.43 bits per heavy atom. The van der Waals surface area contributed by atoms with E-state index < -0.39 is 34.2 Å². The van der Waals surface area contributed by atoms with Crippen LogP contribution in [0.3, 0.4) is 0 Å². The summed E-state index contributed by atoms with van der Waals surface area (Å²) in [5.41, 5.74) is -0.758. The second-order valence-corrected chi connectivity index (χ2v) is 4.49. The molecule has 0 spiro atoms. The van der Waals surface area contributed by atoms with E-state index in [1.807, 2.05) is 6.92 Å². The first-order valence-corrected chi connectivity index (χ1v) is 6.31. The van der Waals surface area contributed by atoms with E-state index in [1.54, 1.807) is 0 Å². The zero-order chi connectivity index (χ0) is 16.0. The molecule has 0 radical (unpaired) electrons. The number of benzene rings is 1. The third-order valence-electron chi connectivity index (χ3n) is 2.85. The van der Waals surface area contributed by atoms with E-state index in [0.29, 0.717) is 18.9 Å². The van der Waals surface area contributed by atoms with E-state index >= 15 is 0 Å². The fourth-order valence-corrected chi connectivity index (χ4v) is 1.79. The van der Waals surface area contributed by atoms with Crippen LogP contribution in [0.5, 0.6) is 0 Å². The molecule has 1 amide bonds. The first-order valence-electron chi connectivity index (χ1n) is 6.31. The molecule has 0 aliphatic heterocycles.